The van der Waals surface area contributed by atoms with Crippen molar-refractivity contribution in [3.63, 3.8) is 0 Å². The second-order valence-electron chi connectivity index (χ2n) is 2.31. The molecule has 0 radical (unpaired) electrons. The lowest BCUT2D eigenvalue weighted by molar-refractivity contribution is 0.0182. The Balaban J connectivity index is 3.22. The molecular weight excluding hydrogens is 146 g/mol. The first-order chi connectivity index (χ1) is 5.16. The molecule has 1 amide bonds. The fourth-order valence-electron chi connectivity index (χ4n) is 0.567. The fraction of sp³-hybridized carbons (Fsp3) is 0.857. The summed E-state index contributed by atoms with van der Waals surface area (Å²) in [6.07, 6.45) is 0.139. The first kappa shape index (κ1) is 10.2. The molecule has 11 heavy (non-hydrogen) atoms. The van der Waals surface area contributed by atoms with Crippen LogP contribution in [0.1, 0.15) is 20.3 Å². The minimum atomic E-state index is -0.753. The molecule has 0 aromatic carbocycles. The normalized spacial score (nSPS) is 12.5. The van der Waals surface area contributed by atoms with Crippen LogP contribution in [0.25, 0.3) is 0 Å². The molecule has 4 nitrogen and oxygen atoms in total. The summed E-state index contributed by atoms with van der Waals surface area (Å²) in [7, 11) is 0. The molecule has 0 aliphatic carbocycles. The number of amides is 1. The molecule has 0 aromatic rings. The molecule has 0 saturated carbocycles. The monoisotopic (exact) mass is 161 g/mol. The molecule has 0 aromatic heterocycles. The van der Waals surface area contributed by atoms with Gasteiger partial charge in [0.25, 0.3) is 0 Å². The molecular formula is C7H15NO3. The van der Waals surface area contributed by atoms with E-state index in [2.05, 4.69) is 4.74 Å². The zero-order chi connectivity index (χ0) is 8.69. The Morgan fingerprint density at radius 2 is 2.27 bits per heavy atom. The highest BCUT2D eigenvalue weighted by molar-refractivity contribution is 5.64. The summed E-state index contributed by atoms with van der Waals surface area (Å²) in [5, 5.41) is 0. The Kier molecular flexibility index (Phi) is 5.56. The predicted octanol–water partition coefficient (Wildman–Crippen LogP) is 0.897. The van der Waals surface area contributed by atoms with Crippen molar-refractivity contribution >= 4 is 6.09 Å². The first-order valence-electron chi connectivity index (χ1n) is 3.70. The topological polar surface area (TPSA) is 61.6 Å². The average molecular weight is 161 g/mol. The van der Waals surface area contributed by atoms with Crippen molar-refractivity contribution in [1.82, 2.24) is 0 Å². The van der Waals surface area contributed by atoms with Gasteiger partial charge in [-0.1, -0.05) is 6.92 Å². The summed E-state index contributed by atoms with van der Waals surface area (Å²) in [6.45, 7) is 4.76. The Hall–Kier alpha value is -0.770. The summed E-state index contributed by atoms with van der Waals surface area (Å²) < 4.78 is 9.72. The highest BCUT2D eigenvalue weighted by Crippen LogP contribution is 1.92. The molecule has 0 spiro atoms. The maximum atomic E-state index is 10.1. The van der Waals surface area contributed by atoms with Gasteiger partial charge in [-0.15, -0.1) is 0 Å². The molecule has 0 fully saturated rings. The maximum Gasteiger partial charge on any atom is 0.404 e. The highest BCUT2D eigenvalue weighted by atomic mass is 16.6. The molecule has 0 heterocycles. The van der Waals surface area contributed by atoms with Crippen molar-refractivity contribution in [2.24, 2.45) is 5.73 Å². The van der Waals surface area contributed by atoms with E-state index in [1.54, 1.807) is 0 Å². The Labute approximate surface area is 66.7 Å². The van der Waals surface area contributed by atoms with Gasteiger partial charge in [0.2, 0.25) is 0 Å². The number of carbonyl (C=O) groups is 1. The standard InChI is InChI=1S/C7H15NO3/c1-3-4-10-6(2)5-11-7(8)9/h6H,3-5H2,1-2H3,(H2,8,9). The number of hydrogen-bond donors (Lipinski definition) is 1. The van der Waals surface area contributed by atoms with E-state index in [0.29, 0.717) is 6.61 Å². The van der Waals surface area contributed by atoms with E-state index >= 15 is 0 Å². The van der Waals surface area contributed by atoms with E-state index in [1.807, 2.05) is 13.8 Å². The smallest absolute Gasteiger partial charge is 0.404 e. The van der Waals surface area contributed by atoms with E-state index in [9.17, 15) is 4.79 Å². The van der Waals surface area contributed by atoms with Gasteiger partial charge in [0.15, 0.2) is 0 Å². The van der Waals surface area contributed by atoms with Crippen LogP contribution in [0.2, 0.25) is 0 Å². The van der Waals surface area contributed by atoms with Crippen LogP contribution in [0, 0.1) is 0 Å². The van der Waals surface area contributed by atoms with Crippen molar-refractivity contribution in [2.75, 3.05) is 13.2 Å². The lowest BCUT2D eigenvalue weighted by atomic mass is 10.4. The van der Waals surface area contributed by atoms with Gasteiger partial charge in [-0.05, 0) is 13.3 Å². The minimum absolute atomic E-state index is 0.0672. The number of primary amides is 1. The third-order valence-electron chi connectivity index (χ3n) is 1.07. The molecule has 0 bridgehead atoms. The first-order valence-corrected chi connectivity index (χ1v) is 3.70. The number of carbonyl (C=O) groups excluding carboxylic acids is 1. The van der Waals surface area contributed by atoms with Crippen LogP contribution >= 0.6 is 0 Å². The van der Waals surface area contributed by atoms with Gasteiger partial charge in [-0.25, -0.2) is 4.79 Å². The Bertz CT molecular complexity index is 116. The largest absolute Gasteiger partial charge is 0.447 e. The number of hydrogen-bond acceptors (Lipinski definition) is 3. The molecule has 0 saturated heterocycles. The van der Waals surface area contributed by atoms with Crippen molar-refractivity contribution in [2.45, 2.75) is 26.4 Å². The van der Waals surface area contributed by atoms with Crippen LogP contribution in [0.4, 0.5) is 4.79 Å². The fourth-order valence-corrected chi connectivity index (χ4v) is 0.567. The summed E-state index contributed by atoms with van der Waals surface area (Å²) in [5.74, 6) is 0. The summed E-state index contributed by atoms with van der Waals surface area (Å²) in [4.78, 5) is 10.1. The molecule has 66 valence electrons. The number of rotatable bonds is 5. The van der Waals surface area contributed by atoms with Gasteiger partial charge in [0.05, 0.1) is 6.10 Å². The summed E-state index contributed by atoms with van der Waals surface area (Å²) >= 11 is 0. The zero-order valence-electron chi connectivity index (χ0n) is 7.00. The predicted molar refractivity (Wildman–Crippen MR) is 41.2 cm³/mol. The Morgan fingerprint density at radius 1 is 1.64 bits per heavy atom. The molecule has 1 unspecified atom stereocenters. The summed E-state index contributed by atoms with van der Waals surface area (Å²) in [5.41, 5.74) is 4.75. The molecule has 0 aliphatic rings. The zero-order valence-corrected chi connectivity index (χ0v) is 7.00. The highest BCUT2D eigenvalue weighted by Gasteiger charge is 2.02. The second-order valence-corrected chi connectivity index (χ2v) is 2.31. The molecule has 0 aliphatic heterocycles. The van der Waals surface area contributed by atoms with E-state index in [4.69, 9.17) is 10.5 Å². The second kappa shape index (κ2) is 5.97. The third-order valence-corrected chi connectivity index (χ3v) is 1.07. The quantitative estimate of drug-likeness (QED) is 0.651. The minimum Gasteiger partial charge on any atom is -0.447 e. The molecule has 0 rings (SSSR count). The van der Waals surface area contributed by atoms with Crippen LogP contribution in [0.15, 0.2) is 0 Å². The molecule has 4 heteroatoms. The van der Waals surface area contributed by atoms with Crippen LogP contribution in [-0.2, 0) is 9.47 Å². The number of ether oxygens (including phenoxy) is 2. The molecule has 1 atom stereocenters. The van der Waals surface area contributed by atoms with Crippen LogP contribution < -0.4 is 5.73 Å². The van der Waals surface area contributed by atoms with Crippen LogP contribution in [0.3, 0.4) is 0 Å². The van der Waals surface area contributed by atoms with Gasteiger partial charge in [-0.2, -0.15) is 0 Å². The lowest BCUT2D eigenvalue weighted by Gasteiger charge is -2.10. The van der Waals surface area contributed by atoms with E-state index in [-0.39, 0.29) is 12.7 Å². The van der Waals surface area contributed by atoms with Gasteiger partial charge >= 0.3 is 6.09 Å². The van der Waals surface area contributed by atoms with Gasteiger partial charge in [0.1, 0.15) is 6.61 Å². The van der Waals surface area contributed by atoms with Crippen molar-refractivity contribution in [3.8, 4) is 0 Å². The van der Waals surface area contributed by atoms with Gasteiger partial charge in [-0.3, -0.25) is 0 Å². The van der Waals surface area contributed by atoms with Crippen LogP contribution in [0.5, 0.6) is 0 Å². The Morgan fingerprint density at radius 3 is 2.73 bits per heavy atom. The lowest BCUT2D eigenvalue weighted by Crippen LogP contribution is -2.22. The average Bonchev–Trinajstić information content (AvgIpc) is 1.97. The summed E-state index contributed by atoms with van der Waals surface area (Å²) in [6, 6.07) is 0. The van der Waals surface area contributed by atoms with Crippen molar-refractivity contribution < 1.29 is 14.3 Å². The van der Waals surface area contributed by atoms with E-state index in [0.717, 1.165) is 6.42 Å². The van der Waals surface area contributed by atoms with E-state index in [1.165, 1.54) is 0 Å². The van der Waals surface area contributed by atoms with Crippen molar-refractivity contribution in [3.05, 3.63) is 0 Å². The third kappa shape index (κ3) is 7.12. The SMILES string of the molecule is CCCOC(C)COC(N)=O. The molecule has 2 N–H and O–H groups in total. The van der Waals surface area contributed by atoms with Crippen molar-refractivity contribution in [1.29, 1.82) is 0 Å². The van der Waals surface area contributed by atoms with Crippen LogP contribution in [-0.4, -0.2) is 25.4 Å². The maximum absolute atomic E-state index is 10.1. The van der Waals surface area contributed by atoms with Gasteiger partial charge in [0, 0.05) is 6.61 Å². The van der Waals surface area contributed by atoms with E-state index < -0.39 is 6.09 Å². The number of nitrogens with two attached hydrogens (primary N) is 1. The van der Waals surface area contributed by atoms with Gasteiger partial charge < -0.3 is 15.2 Å².